The zero-order valence-electron chi connectivity index (χ0n) is 14.8. The average Bonchev–Trinajstić information content (AvgIpc) is 3.16. The number of aliphatic imine (C=N–C) groups is 1. The lowest BCUT2D eigenvalue weighted by Gasteiger charge is -2.21. The van der Waals surface area contributed by atoms with Crippen LogP contribution in [0.25, 0.3) is 0 Å². The summed E-state index contributed by atoms with van der Waals surface area (Å²) in [7, 11) is 0. The Balaban J connectivity index is 0.00000264. The van der Waals surface area contributed by atoms with E-state index >= 15 is 0 Å². The Morgan fingerprint density at radius 2 is 1.96 bits per heavy atom. The lowest BCUT2D eigenvalue weighted by atomic mass is 10.1. The average molecular weight is 436 g/mol. The van der Waals surface area contributed by atoms with Crippen molar-refractivity contribution in [2.45, 2.75) is 58.9 Å². The third-order valence-corrected chi connectivity index (χ3v) is 4.50. The Morgan fingerprint density at radius 1 is 1.26 bits per heavy atom. The molecular weight excluding hydrogens is 403 g/mol. The van der Waals surface area contributed by atoms with Crippen LogP contribution in [0.4, 0.5) is 0 Å². The predicted molar refractivity (Wildman–Crippen MR) is 106 cm³/mol. The summed E-state index contributed by atoms with van der Waals surface area (Å²) >= 11 is 0. The molecule has 0 bridgehead atoms. The number of likely N-dealkylation sites (tertiary alicyclic amines) is 1. The molecule has 2 N–H and O–H groups in total. The van der Waals surface area contributed by atoms with Crippen molar-refractivity contribution in [1.82, 2.24) is 15.5 Å². The number of carbonyl (C=O) groups excluding carboxylic acids is 1. The molecule has 5 nitrogen and oxygen atoms in total. The topological polar surface area (TPSA) is 56.7 Å². The van der Waals surface area contributed by atoms with E-state index in [9.17, 15) is 4.79 Å². The molecule has 2 fully saturated rings. The second kappa shape index (κ2) is 10.4. The highest BCUT2D eigenvalue weighted by Gasteiger charge is 2.32. The molecule has 0 aromatic heterocycles. The van der Waals surface area contributed by atoms with Gasteiger partial charge in [0.2, 0.25) is 5.91 Å². The number of hydrogen-bond acceptors (Lipinski definition) is 2. The normalized spacial score (nSPS) is 22.3. The second-order valence-corrected chi connectivity index (χ2v) is 7.01. The Bertz CT molecular complexity index is 394. The smallest absolute Gasteiger partial charge is 0.225 e. The standard InChI is InChI=1S/C17H32N4O.HI/c1-4-18-17(19-11-13(2)3)20-15-9-10-21(12-15)16(22)14-7-5-6-8-14;/h13-15H,4-12H2,1-3H3,(H2,18,19,20);1H. The Labute approximate surface area is 158 Å². The number of nitrogens with one attached hydrogen (secondary N) is 2. The molecule has 1 heterocycles. The molecule has 1 unspecified atom stereocenters. The van der Waals surface area contributed by atoms with Gasteiger partial charge < -0.3 is 15.5 Å². The third-order valence-electron chi connectivity index (χ3n) is 4.50. The van der Waals surface area contributed by atoms with Crippen LogP contribution in [0, 0.1) is 11.8 Å². The first kappa shape index (κ1) is 20.5. The van der Waals surface area contributed by atoms with E-state index in [1.165, 1.54) is 12.8 Å². The number of rotatable bonds is 5. The number of guanidine groups is 1. The van der Waals surface area contributed by atoms with E-state index in [-0.39, 0.29) is 24.0 Å². The fourth-order valence-electron chi connectivity index (χ4n) is 3.30. The first-order valence-corrected chi connectivity index (χ1v) is 8.93. The fraction of sp³-hybridized carbons (Fsp3) is 0.882. The summed E-state index contributed by atoms with van der Waals surface area (Å²) in [6.07, 6.45) is 5.64. The maximum absolute atomic E-state index is 12.5. The van der Waals surface area contributed by atoms with E-state index < -0.39 is 0 Å². The highest BCUT2D eigenvalue weighted by Crippen LogP contribution is 2.27. The molecule has 0 spiro atoms. The Hall–Kier alpha value is -0.530. The van der Waals surface area contributed by atoms with Gasteiger partial charge in [0.05, 0.1) is 0 Å². The van der Waals surface area contributed by atoms with Gasteiger partial charge in [-0.3, -0.25) is 9.79 Å². The van der Waals surface area contributed by atoms with Crippen LogP contribution in [-0.2, 0) is 4.79 Å². The summed E-state index contributed by atoms with van der Waals surface area (Å²) in [6.45, 7) is 9.82. The molecule has 2 aliphatic rings. The molecule has 0 radical (unpaired) electrons. The van der Waals surface area contributed by atoms with Gasteiger partial charge >= 0.3 is 0 Å². The molecule has 1 amide bonds. The molecule has 0 aromatic rings. The number of carbonyl (C=O) groups is 1. The lowest BCUT2D eigenvalue weighted by Crippen LogP contribution is -2.45. The van der Waals surface area contributed by atoms with Crippen molar-refractivity contribution < 1.29 is 4.79 Å². The zero-order chi connectivity index (χ0) is 15.9. The fourth-order valence-corrected chi connectivity index (χ4v) is 3.30. The van der Waals surface area contributed by atoms with Crippen LogP contribution in [0.15, 0.2) is 4.99 Å². The second-order valence-electron chi connectivity index (χ2n) is 7.01. The van der Waals surface area contributed by atoms with Crippen LogP contribution in [0.5, 0.6) is 0 Å². The number of hydrogen-bond donors (Lipinski definition) is 2. The third kappa shape index (κ3) is 6.47. The lowest BCUT2D eigenvalue weighted by molar-refractivity contribution is -0.134. The monoisotopic (exact) mass is 436 g/mol. The van der Waals surface area contributed by atoms with Crippen molar-refractivity contribution >= 4 is 35.8 Å². The summed E-state index contributed by atoms with van der Waals surface area (Å²) in [5.74, 6) is 2.11. The van der Waals surface area contributed by atoms with E-state index in [0.717, 1.165) is 51.4 Å². The molecule has 1 atom stereocenters. The molecule has 1 aliphatic heterocycles. The maximum atomic E-state index is 12.5. The van der Waals surface area contributed by atoms with Crippen molar-refractivity contribution in [2.75, 3.05) is 26.2 Å². The van der Waals surface area contributed by atoms with Gasteiger partial charge in [0.25, 0.3) is 0 Å². The maximum Gasteiger partial charge on any atom is 0.225 e. The first-order chi connectivity index (χ1) is 10.6. The van der Waals surface area contributed by atoms with Crippen molar-refractivity contribution in [2.24, 2.45) is 16.8 Å². The summed E-state index contributed by atoms with van der Waals surface area (Å²) < 4.78 is 0. The Kier molecular flexibility index (Phi) is 9.24. The van der Waals surface area contributed by atoms with Crippen LogP contribution in [-0.4, -0.2) is 49.0 Å². The minimum Gasteiger partial charge on any atom is -0.357 e. The minimum absolute atomic E-state index is 0. The van der Waals surface area contributed by atoms with Crippen LogP contribution in [0.1, 0.15) is 52.9 Å². The quantitative estimate of drug-likeness (QED) is 0.396. The van der Waals surface area contributed by atoms with E-state index in [1.807, 2.05) is 0 Å². The van der Waals surface area contributed by atoms with Gasteiger partial charge in [-0.15, -0.1) is 24.0 Å². The van der Waals surface area contributed by atoms with Gasteiger partial charge in [-0.2, -0.15) is 0 Å². The molecule has 134 valence electrons. The van der Waals surface area contributed by atoms with Crippen LogP contribution < -0.4 is 10.6 Å². The molecule has 23 heavy (non-hydrogen) atoms. The predicted octanol–water partition coefficient (Wildman–Crippen LogP) is 2.61. The molecule has 1 saturated carbocycles. The number of nitrogens with zero attached hydrogens (tertiary/aromatic N) is 2. The molecule has 1 aliphatic carbocycles. The first-order valence-electron chi connectivity index (χ1n) is 8.93. The summed E-state index contributed by atoms with van der Waals surface area (Å²) in [6, 6.07) is 0.329. The molecule has 1 saturated heterocycles. The Morgan fingerprint density at radius 3 is 2.57 bits per heavy atom. The van der Waals surface area contributed by atoms with Gasteiger partial charge in [0.1, 0.15) is 0 Å². The van der Waals surface area contributed by atoms with Crippen LogP contribution >= 0.6 is 24.0 Å². The summed E-state index contributed by atoms with van der Waals surface area (Å²) in [5.41, 5.74) is 0. The van der Waals surface area contributed by atoms with Gasteiger partial charge in [0.15, 0.2) is 5.96 Å². The van der Waals surface area contributed by atoms with Gasteiger partial charge in [-0.1, -0.05) is 26.7 Å². The highest BCUT2D eigenvalue weighted by atomic mass is 127. The molecule has 6 heteroatoms. The van der Waals surface area contributed by atoms with Crippen molar-refractivity contribution in [3.63, 3.8) is 0 Å². The zero-order valence-corrected chi connectivity index (χ0v) is 17.1. The molecule has 2 rings (SSSR count). The summed E-state index contributed by atoms with van der Waals surface area (Å²) in [4.78, 5) is 19.1. The van der Waals surface area contributed by atoms with Crippen molar-refractivity contribution in [3.05, 3.63) is 0 Å². The van der Waals surface area contributed by atoms with E-state index in [1.54, 1.807) is 0 Å². The van der Waals surface area contributed by atoms with Gasteiger partial charge in [-0.25, -0.2) is 0 Å². The number of amides is 1. The molecular formula is C17H33IN4O. The SMILES string of the molecule is CCNC(=NCC(C)C)NC1CCN(C(=O)C2CCCC2)C1.I. The van der Waals surface area contributed by atoms with Crippen LogP contribution in [0.2, 0.25) is 0 Å². The van der Waals surface area contributed by atoms with Gasteiger partial charge in [-0.05, 0) is 32.1 Å². The van der Waals surface area contributed by atoms with Crippen LogP contribution in [0.3, 0.4) is 0 Å². The van der Waals surface area contributed by atoms with Crippen molar-refractivity contribution in [3.8, 4) is 0 Å². The van der Waals surface area contributed by atoms with E-state index in [0.29, 0.717) is 23.8 Å². The van der Waals surface area contributed by atoms with E-state index in [4.69, 9.17) is 0 Å². The van der Waals surface area contributed by atoms with Crippen molar-refractivity contribution in [1.29, 1.82) is 0 Å². The highest BCUT2D eigenvalue weighted by molar-refractivity contribution is 14.0. The minimum atomic E-state index is 0. The van der Waals surface area contributed by atoms with E-state index in [2.05, 4.69) is 41.3 Å². The largest absolute Gasteiger partial charge is 0.357 e. The van der Waals surface area contributed by atoms with Gasteiger partial charge in [0, 0.05) is 38.1 Å². The summed E-state index contributed by atoms with van der Waals surface area (Å²) in [5, 5.41) is 6.79. The molecule has 0 aromatic carbocycles. The number of halogens is 1.